The quantitative estimate of drug-likeness (QED) is 0.613. The summed E-state index contributed by atoms with van der Waals surface area (Å²) in [6, 6.07) is 17.8. The van der Waals surface area contributed by atoms with Crippen molar-refractivity contribution in [2.75, 3.05) is 23.3 Å². The third-order valence-corrected chi connectivity index (χ3v) is 5.14. The van der Waals surface area contributed by atoms with E-state index in [-0.39, 0.29) is 11.7 Å². The molecule has 0 spiro atoms. The van der Waals surface area contributed by atoms with Crippen molar-refractivity contribution in [3.05, 3.63) is 83.7 Å². The van der Waals surface area contributed by atoms with Crippen LogP contribution in [0.3, 0.4) is 0 Å². The first-order valence-corrected chi connectivity index (χ1v) is 10.0. The van der Waals surface area contributed by atoms with E-state index >= 15 is 0 Å². The Bertz CT molecular complexity index is 1090. The summed E-state index contributed by atoms with van der Waals surface area (Å²) in [5.74, 6) is -0.121. The fourth-order valence-electron chi connectivity index (χ4n) is 3.50. The van der Waals surface area contributed by atoms with Gasteiger partial charge in [-0.3, -0.25) is 9.59 Å². The number of benzene rings is 3. The summed E-state index contributed by atoms with van der Waals surface area (Å²) >= 11 is 0. The molecule has 3 N–H and O–H groups in total. The zero-order valence-corrected chi connectivity index (χ0v) is 16.8. The lowest BCUT2D eigenvalue weighted by atomic mass is 10.2. The Morgan fingerprint density at radius 2 is 1.45 bits per heavy atom. The highest BCUT2D eigenvalue weighted by Gasteiger charge is 2.17. The fourth-order valence-corrected chi connectivity index (χ4v) is 3.50. The Morgan fingerprint density at radius 3 is 2.00 bits per heavy atom. The second kappa shape index (κ2) is 8.87. The van der Waals surface area contributed by atoms with Gasteiger partial charge in [0.15, 0.2) is 0 Å². The van der Waals surface area contributed by atoms with Crippen LogP contribution in [-0.4, -0.2) is 24.9 Å². The highest BCUT2D eigenvalue weighted by molar-refractivity contribution is 6.04. The van der Waals surface area contributed by atoms with Crippen LogP contribution in [0.25, 0.3) is 0 Å². The van der Waals surface area contributed by atoms with Crippen molar-refractivity contribution < 1.29 is 18.7 Å². The van der Waals surface area contributed by atoms with E-state index in [1.807, 2.05) is 4.90 Å². The number of nitrogens with two attached hydrogens (primary N) is 1. The normalized spacial score (nSPS) is 13.1. The minimum absolute atomic E-state index is 0.342. The minimum atomic E-state index is -0.507. The molecular formula is C24H22FN3O3. The van der Waals surface area contributed by atoms with Gasteiger partial charge in [0.1, 0.15) is 17.3 Å². The number of hydrogen-bond acceptors (Lipinski definition) is 4. The Hall–Kier alpha value is -3.87. The molecule has 1 fully saturated rings. The van der Waals surface area contributed by atoms with Gasteiger partial charge in [0, 0.05) is 29.9 Å². The van der Waals surface area contributed by atoms with Gasteiger partial charge in [-0.25, -0.2) is 4.39 Å². The van der Waals surface area contributed by atoms with Gasteiger partial charge in [0.05, 0.1) is 5.69 Å². The average Bonchev–Trinajstić information content (AvgIpc) is 3.29. The summed E-state index contributed by atoms with van der Waals surface area (Å²) in [5, 5.41) is 2.72. The molecule has 7 heteroatoms. The molecule has 158 valence electrons. The van der Waals surface area contributed by atoms with Gasteiger partial charge in [-0.1, -0.05) is 0 Å². The first kappa shape index (κ1) is 20.4. The van der Waals surface area contributed by atoms with Crippen molar-refractivity contribution in [2.45, 2.75) is 12.8 Å². The number of nitrogens with one attached hydrogen (secondary N) is 1. The Morgan fingerprint density at radius 1 is 0.871 bits per heavy atom. The zero-order valence-electron chi connectivity index (χ0n) is 16.8. The van der Waals surface area contributed by atoms with Gasteiger partial charge >= 0.3 is 0 Å². The molecule has 0 saturated carbocycles. The van der Waals surface area contributed by atoms with E-state index < -0.39 is 5.91 Å². The molecule has 3 aromatic carbocycles. The number of hydrogen-bond donors (Lipinski definition) is 2. The van der Waals surface area contributed by atoms with Gasteiger partial charge in [-0.15, -0.1) is 0 Å². The monoisotopic (exact) mass is 419 g/mol. The van der Waals surface area contributed by atoms with Crippen molar-refractivity contribution in [1.29, 1.82) is 0 Å². The number of ether oxygens (including phenoxy) is 1. The SMILES string of the molecule is NC(=O)c1ccc(Oc2ccc(C(=O)Nc3ccc(N4CCCC4)c(F)c3)cc2)cc1. The Balaban J connectivity index is 1.39. The maximum atomic E-state index is 14.4. The van der Waals surface area contributed by atoms with Crippen LogP contribution in [0.1, 0.15) is 33.6 Å². The van der Waals surface area contributed by atoms with E-state index in [9.17, 15) is 14.0 Å². The van der Waals surface area contributed by atoms with E-state index in [0.29, 0.717) is 34.0 Å². The van der Waals surface area contributed by atoms with Gasteiger partial charge in [0.25, 0.3) is 5.91 Å². The highest BCUT2D eigenvalue weighted by Crippen LogP contribution is 2.27. The zero-order chi connectivity index (χ0) is 21.8. The van der Waals surface area contributed by atoms with E-state index in [1.165, 1.54) is 6.07 Å². The number of primary amides is 1. The topological polar surface area (TPSA) is 84.7 Å². The van der Waals surface area contributed by atoms with E-state index in [0.717, 1.165) is 25.9 Å². The number of nitrogens with zero attached hydrogens (tertiary/aromatic N) is 1. The van der Waals surface area contributed by atoms with Crippen LogP contribution >= 0.6 is 0 Å². The third-order valence-electron chi connectivity index (χ3n) is 5.14. The fraction of sp³-hybridized carbons (Fsp3) is 0.167. The molecular weight excluding hydrogens is 397 g/mol. The first-order chi connectivity index (χ1) is 15.0. The first-order valence-electron chi connectivity index (χ1n) is 10.0. The second-order valence-corrected chi connectivity index (χ2v) is 7.33. The third kappa shape index (κ3) is 4.83. The smallest absolute Gasteiger partial charge is 0.255 e. The van der Waals surface area contributed by atoms with E-state index in [1.54, 1.807) is 60.7 Å². The van der Waals surface area contributed by atoms with Gasteiger partial charge in [-0.2, -0.15) is 0 Å². The molecule has 1 saturated heterocycles. The molecule has 6 nitrogen and oxygen atoms in total. The predicted molar refractivity (Wildman–Crippen MR) is 117 cm³/mol. The Kier molecular flexibility index (Phi) is 5.84. The van der Waals surface area contributed by atoms with Crippen molar-refractivity contribution in [2.24, 2.45) is 5.73 Å². The summed E-state index contributed by atoms with van der Waals surface area (Å²) in [7, 11) is 0. The highest BCUT2D eigenvalue weighted by atomic mass is 19.1. The van der Waals surface area contributed by atoms with E-state index in [2.05, 4.69) is 5.32 Å². The number of amides is 2. The van der Waals surface area contributed by atoms with E-state index in [4.69, 9.17) is 10.5 Å². The van der Waals surface area contributed by atoms with Gasteiger partial charge < -0.3 is 20.7 Å². The van der Waals surface area contributed by atoms with Crippen LogP contribution in [0.4, 0.5) is 15.8 Å². The maximum absolute atomic E-state index is 14.4. The van der Waals surface area contributed by atoms with Gasteiger partial charge in [-0.05, 0) is 79.6 Å². The molecule has 4 rings (SSSR count). The number of carbonyl (C=O) groups excluding carboxylic acids is 2. The standard InChI is InChI=1S/C24H22FN3O3/c25-21-15-18(7-12-22(21)28-13-1-2-14-28)27-24(30)17-5-10-20(11-6-17)31-19-8-3-16(4-9-19)23(26)29/h3-12,15H,1-2,13-14H2,(H2,26,29)(H,27,30). The summed E-state index contributed by atoms with van der Waals surface area (Å²) < 4.78 is 20.2. The lowest BCUT2D eigenvalue weighted by molar-refractivity contribution is 0.0997. The number of rotatable bonds is 6. The molecule has 0 aliphatic carbocycles. The molecule has 1 heterocycles. The summed E-state index contributed by atoms with van der Waals surface area (Å²) in [5.41, 5.74) is 7.00. The average molecular weight is 419 g/mol. The Labute approximate surface area is 179 Å². The van der Waals surface area contributed by atoms with Crippen LogP contribution < -0.4 is 20.7 Å². The number of anilines is 2. The number of halogens is 1. The molecule has 0 unspecified atom stereocenters. The molecule has 2 amide bonds. The lowest BCUT2D eigenvalue weighted by Gasteiger charge is -2.18. The lowest BCUT2D eigenvalue weighted by Crippen LogP contribution is -2.19. The maximum Gasteiger partial charge on any atom is 0.255 e. The van der Waals surface area contributed by atoms with Crippen LogP contribution in [0, 0.1) is 5.82 Å². The largest absolute Gasteiger partial charge is 0.457 e. The molecule has 0 atom stereocenters. The molecule has 31 heavy (non-hydrogen) atoms. The molecule has 1 aliphatic heterocycles. The van der Waals surface area contributed by atoms with Gasteiger partial charge in [0.2, 0.25) is 5.91 Å². The van der Waals surface area contributed by atoms with Crippen molar-refractivity contribution in [3.8, 4) is 11.5 Å². The molecule has 0 aromatic heterocycles. The van der Waals surface area contributed by atoms with Crippen molar-refractivity contribution in [3.63, 3.8) is 0 Å². The van der Waals surface area contributed by atoms with Crippen LogP contribution in [-0.2, 0) is 0 Å². The van der Waals surface area contributed by atoms with Crippen LogP contribution in [0.2, 0.25) is 0 Å². The molecule has 1 aliphatic rings. The predicted octanol–water partition coefficient (Wildman–Crippen LogP) is 4.57. The summed E-state index contributed by atoms with van der Waals surface area (Å²) in [4.78, 5) is 25.6. The summed E-state index contributed by atoms with van der Waals surface area (Å²) in [6.07, 6.45) is 2.13. The molecule has 0 bridgehead atoms. The minimum Gasteiger partial charge on any atom is -0.457 e. The number of carbonyl (C=O) groups is 2. The molecule has 3 aromatic rings. The van der Waals surface area contributed by atoms with Crippen molar-refractivity contribution in [1.82, 2.24) is 0 Å². The van der Waals surface area contributed by atoms with Crippen LogP contribution in [0.15, 0.2) is 66.7 Å². The summed E-state index contributed by atoms with van der Waals surface area (Å²) in [6.45, 7) is 1.71. The van der Waals surface area contributed by atoms with Crippen molar-refractivity contribution >= 4 is 23.2 Å². The van der Waals surface area contributed by atoms with Crippen LogP contribution in [0.5, 0.6) is 11.5 Å². The second-order valence-electron chi connectivity index (χ2n) is 7.33. The molecule has 0 radical (unpaired) electrons.